The van der Waals surface area contributed by atoms with Crippen LogP contribution in [0.4, 0.5) is 0 Å². The average Bonchev–Trinajstić information content (AvgIpc) is 2.90. The number of nitrogens with zero attached hydrogens (tertiary/aromatic N) is 4. The second-order valence-corrected chi connectivity index (χ2v) is 4.42. The molecular weight excluding hydrogens is 232 g/mol. The van der Waals surface area contributed by atoms with Crippen molar-refractivity contribution in [1.82, 2.24) is 4.90 Å². The number of allylic oxidation sites excluding steroid dienone is 2. The third-order valence-electron chi connectivity index (χ3n) is 2.53. The molecule has 0 saturated carbocycles. The molecular formula is C12H10N4S. The summed E-state index contributed by atoms with van der Waals surface area (Å²) in [6.07, 6.45) is 0. The summed E-state index contributed by atoms with van der Waals surface area (Å²) in [4.78, 5) is 7.20. The molecule has 1 aromatic rings. The molecule has 17 heavy (non-hydrogen) atoms. The Bertz CT molecular complexity index is 554. The predicted octanol–water partition coefficient (Wildman–Crippen LogP) is 2.13. The molecule has 5 heteroatoms. The smallest absolute Gasteiger partial charge is 0.175 e. The van der Waals surface area contributed by atoms with Crippen molar-refractivity contribution in [3.05, 3.63) is 33.8 Å². The van der Waals surface area contributed by atoms with Crippen molar-refractivity contribution in [3.8, 4) is 12.1 Å². The largest absolute Gasteiger partial charge is 0.355 e. The van der Waals surface area contributed by atoms with E-state index < -0.39 is 0 Å². The van der Waals surface area contributed by atoms with E-state index in [1.165, 1.54) is 0 Å². The van der Waals surface area contributed by atoms with E-state index in [0.717, 1.165) is 10.6 Å². The van der Waals surface area contributed by atoms with E-state index >= 15 is 0 Å². The third-order valence-corrected chi connectivity index (χ3v) is 3.45. The number of likely N-dealkylation sites (N-methyl/N-ethyl adjacent to an activating group) is 1. The van der Waals surface area contributed by atoms with Crippen molar-refractivity contribution in [2.24, 2.45) is 4.99 Å². The van der Waals surface area contributed by atoms with Crippen LogP contribution in [-0.4, -0.2) is 23.7 Å². The molecule has 4 nitrogen and oxygen atoms in total. The number of rotatable bonds is 2. The molecule has 0 fully saturated rings. The summed E-state index contributed by atoms with van der Waals surface area (Å²) in [5.41, 5.74) is 1.44. The lowest BCUT2D eigenvalue weighted by Gasteiger charge is -2.25. The van der Waals surface area contributed by atoms with Crippen molar-refractivity contribution >= 4 is 17.0 Å². The first-order valence-electron chi connectivity index (χ1n) is 5.21. The molecule has 1 aromatic heterocycles. The Balaban J connectivity index is 2.47. The van der Waals surface area contributed by atoms with Crippen LogP contribution in [0.15, 0.2) is 33.9 Å². The Morgan fingerprint density at radius 1 is 1.47 bits per heavy atom. The van der Waals surface area contributed by atoms with E-state index in [0.29, 0.717) is 18.8 Å². The van der Waals surface area contributed by atoms with Crippen molar-refractivity contribution in [1.29, 1.82) is 10.5 Å². The molecule has 2 heterocycles. The Kier molecular flexibility index (Phi) is 3.22. The molecule has 0 amide bonds. The van der Waals surface area contributed by atoms with Crippen LogP contribution in [0.2, 0.25) is 0 Å². The Labute approximate surface area is 104 Å². The van der Waals surface area contributed by atoms with Gasteiger partial charge in [0.25, 0.3) is 0 Å². The molecule has 0 spiro atoms. The van der Waals surface area contributed by atoms with Gasteiger partial charge in [-0.3, -0.25) is 0 Å². The Morgan fingerprint density at radius 3 is 2.82 bits per heavy atom. The summed E-state index contributed by atoms with van der Waals surface area (Å²) in [6, 6.07) is 7.97. The standard InChI is InChI=1S/C12H10N4S/c1-2-16-8-10(12-4-3-5-17-12)15-9(6-13)11(16)7-14/h3-5H,2,8H2,1H3. The number of hydrogen-bond donors (Lipinski definition) is 0. The molecule has 0 bridgehead atoms. The zero-order chi connectivity index (χ0) is 12.3. The summed E-state index contributed by atoms with van der Waals surface area (Å²) in [6.45, 7) is 3.24. The first-order chi connectivity index (χ1) is 8.30. The first-order valence-corrected chi connectivity index (χ1v) is 6.09. The summed E-state index contributed by atoms with van der Waals surface area (Å²) in [5, 5.41) is 20.1. The molecule has 0 saturated heterocycles. The van der Waals surface area contributed by atoms with Crippen molar-refractivity contribution in [3.63, 3.8) is 0 Å². The maximum atomic E-state index is 9.04. The van der Waals surface area contributed by atoms with Gasteiger partial charge in [-0.25, -0.2) is 4.99 Å². The Morgan fingerprint density at radius 2 is 2.29 bits per heavy atom. The molecule has 0 unspecified atom stereocenters. The van der Waals surface area contributed by atoms with E-state index in [1.54, 1.807) is 11.3 Å². The van der Waals surface area contributed by atoms with Gasteiger partial charge in [0.1, 0.15) is 12.1 Å². The number of thiophene rings is 1. The van der Waals surface area contributed by atoms with Gasteiger partial charge >= 0.3 is 0 Å². The molecule has 0 aliphatic carbocycles. The van der Waals surface area contributed by atoms with Crippen LogP contribution >= 0.6 is 11.3 Å². The predicted molar refractivity (Wildman–Crippen MR) is 66.4 cm³/mol. The van der Waals surface area contributed by atoms with E-state index in [9.17, 15) is 0 Å². The van der Waals surface area contributed by atoms with Gasteiger partial charge in [-0.1, -0.05) is 6.07 Å². The quantitative estimate of drug-likeness (QED) is 0.798. The van der Waals surface area contributed by atoms with E-state index in [-0.39, 0.29) is 5.70 Å². The van der Waals surface area contributed by atoms with Crippen molar-refractivity contribution in [2.75, 3.05) is 13.1 Å². The molecule has 0 N–H and O–H groups in total. The van der Waals surface area contributed by atoms with Gasteiger partial charge in [0.2, 0.25) is 0 Å². The zero-order valence-electron chi connectivity index (χ0n) is 9.34. The van der Waals surface area contributed by atoms with Gasteiger partial charge in [0.15, 0.2) is 11.4 Å². The normalized spacial score (nSPS) is 15.2. The van der Waals surface area contributed by atoms with E-state index in [4.69, 9.17) is 10.5 Å². The SMILES string of the molecule is CCN1CC(c2cccs2)=NC(C#N)=C1C#N. The van der Waals surface area contributed by atoms with Crippen LogP contribution in [0.1, 0.15) is 11.8 Å². The minimum Gasteiger partial charge on any atom is -0.355 e. The number of aliphatic imine (C=N–C) groups is 1. The van der Waals surface area contributed by atoms with E-state index in [1.807, 2.05) is 35.4 Å². The van der Waals surface area contributed by atoms with Crippen LogP contribution in [0.3, 0.4) is 0 Å². The topological polar surface area (TPSA) is 63.2 Å². The van der Waals surface area contributed by atoms with Gasteiger partial charge in [0.05, 0.1) is 17.1 Å². The molecule has 1 aliphatic heterocycles. The molecule has 0 atom stereocenters. The highest BCUT2D eigenvalue weighted by atomic mass is 32.1. The zero-order valence-corrected chi connectivity index (χ0v) is 10.2. The summed E-state index contributed by atoms with van der Waals surface area (Å²) in [5.74, 6) is 0. The van der Waals surface area contributed by atoms with Crippen LogP contribution in [-0.2, 0) is 0 Å². The van der Waals surface area contributed by atoms with Crippen molar-refractivity contribution in [2.45, 2.75) is 6.92 Å². The minimum absolute atomic E-state index is 0.212. The highest BCUT2D eigenvalue weighted by Crippen LogP contribution is 2.21. The molecule has 1 aliphatic rings. The highest BCUT2D eigenvalue weighted by Gasteiger charge is 2.22. The lowest BCUT2D eigenvalue weighted by Crippen LogP contribution is -2.32. The van der Waals surface area contributed by atoms with Crippen LogP contribution in [0.25, 0.3) is 0 Å². The van der Waals surface area contributed by atoms with Gasteiger partial charge in [0, 0.05) is 6.54 Å². The first kappa shape index (κ1) is 11.4. The average molecular weight is 242 g/mol. The fourth-order valence-corrected chi connectivity index (χ4v) is 2.39. The maximum Gasteiger partial charge on any atom is 0.175 e. The fourth-order valence-electron chi connectivity index (χ4n) is 1.68. The Hall–Kier alpha value is -2.11. The van der Waals surface area contributed by atoms with Gasteiger partial charge in [-0.2, -0.15) is 10.5 Å². The lowest BCUT2D eigenvalue weighted by atomic mass is 10.2. The maximum absolute atomic E-state index is 9.04. The summed E-state index contributed by atoms with van der Waals surface area (Å²) in [7, 11) is 0. The van der Waals surface area contributed by atoms with Crippen LogP contribution in [0, 0.1) is 22.7 Å². The third kappa shape index (κ3) is 2.06. The molecule has 2 rings (SSSR count). The molecule has 0 aromatic carbocycles. The minimum atomic E-state index is 0.212. The molecule has 0 radical (unpaired) electrons. The number of hydrogen-bond acceptors (Lipinski definition) is 5. The highest BCUT2D eigenvalue weighted by molar-refractivity contribution is 7.12. The van der Waals surface area contributed by atoms with E-state index in [2.05, 4.69) is 11.1 Å². The van der Waals surface area contributed by atoms with Gasteiger partial charge < -0.3 is 4.90 Å². The van der Waals surface area contributed by atoms with Crippen molar-refractivity contribution < 1.29 is 0 Å². The summed E-state index contributed by atoms with van der Waals surface area (Å²) >= 11 is 1.59. The second kappa shape index (κ2) is 4.82. The van der Waals surface area contributed by atoms with Crippen LogP contribution in [0.5, 0.6) is 0 Å². The fraction of sp³-hybridized carbons (Fsp3) is 0.250. The monoisotopic (exact) mass is 242 g/mol. The van der Waals surface area contributed by atoms with Gasteiger partial charge in [-0.05, 0) is 18.4 Å². The molecule has 84 valence electrons. The van der Waals surface area contributed by atoms with Crippen LogP contribution < -0.4 is 0 Å². The number of nitriles is 2. The summed E-state index contributed by atoms with van der Waals surface area (Å²) < 4.78 is 0. The second-order valence-electron chi connectivity index (χ2n) is 3.47. The lowest BCUT2D eigenvalue weighted by molar-refractivity contribution is 0.419. The van der Waals surface area contributed by atoms with Gasteiger partial charge in [-0.15, -0.1) is 11.3 Å².